The summed E-state index contributed by atoms with van der Waals surface area (Å²) >= 11 is 0. The fourth-order valence-electron chi connectivity index (χ4n) is 2.43. The number of ether oxygens (including phenoxy) is 1. The van der Waals surface area contributed by atoms with Crippen LogP contribution in [0.15, 0.2) is 24.3 Å². The molecule has 2 aromatic rings. The van der Waals surface area contributed by atoms with Crippen LogP contribution in [0.4, 0.5) is 5.69 Å². The number of aromatic nitrogens is 2. The zero-order valence-electron chi connectivity index (χ0n) is 13.5. The molecule has 1 N–H and O–H groups in total. The van der Waals surface area contributed by atoms with E-state index in [-0.39, 0.29) is 18.8 Å². The van der Waals surface area contributed by atoms with Crippen molar-refractivity contribution in [3.05, 3.63) is 51.3 Å². The largest absolute Gasteiger partial charge is 0.491 e. The summed E-state index contributed by atoms with van der Waals surface area (Å²) in [5.74, 6) is 0.697. The fourth-order valence-corrected chi connectivity index (χ4v) is 2.43. The van der Waals surface area contributed by atoms with Crippen molar-refractivity contribution in [2.75, 3.05) is 6.61 Å². The summed E-state index contributed by atoms with van der Waals surface area (Å²) in [5, 5.41) is 25.2. The number of aliphatic hydroxyl groups excluding tert-OH is 1. The molecule has 0 radical (unpaired) electrons. The van der Waals surface area contributed by atoms with Gasteiger partial charge in [0, 0.05) is 0 Å². The Kier molecular flexibility index (Phi) is 5.33. The van der Waals surface area contributed by atoms with Crippen LogP contribution in [-0.4, -0.2) is 32.5 Å². The number of hydrogen-bond donors (Lipinski definition) is 1. The molecule has 7 heteroatoms. The Morgan fingerprint density at radius 1 is 1.43 bits per heavy atom. The third-order valence-corrected chi connectivity index (χ3v) is 3.66. The van der Waals surface area contributed by atoms with Crippen LogP contribution < -0.4 is 4.74 Å². The molecule has 1 aromatic carbocycles. The van der Waals surface area contributed by atoms with Crippen molar-refractivity contribution in [3.63, 3.8) is 0 Å². The summed E-state index contributed by atoms with van der Waals surface area (Å²) in [6, 6.07) is 7.68. The fraction of sp³-hybridized carbons (Fsp3) is 0.438. The SMILES string of the molecule is CCc1cccc(OCC(O)Cn2nc(C)c([N+](=O)[O-])c2C)c1. The molecule has 0 bridgehead atoms. The predicted octanol–water partition coefficient (Wildman–Crippen LogP) is 2.41. The number of benzene rings is 1. The molecule has 1 aromatic heterocycles. The lowest BCUT2D eigenvalue weighted by atomic mass is 10.2. The Morgan fingerprint density at radius 3 is 2.78 bits per heavy atom. The van der Waals surface area contributed by atoms with Crippen molar-refractivity contribution in [1.82, 2.24) is 9.78 Å². The first-order valence-corrected chi connectivity index (χ1v) is 7.50. The van der Waals surface area contributed by atoms with Gasteiger partial charge in [0.1, 0.15) is 29.8 Å². The lowest BCUT2D eigenvalue weighted by Crippen LogP contribution is -2.24. The maximum atomic E-state index is 11.0. The van der Waals surface area contributed by atoms with Gasteiger partial charge in [-0.1, -0.05) is 19.1 Å². The van der Waals surface area contributed by atoms with Gasteiger partial charge in [0.25, 0.3) is 0 Å². The lowest BCUT2D eigenvalue weighted by Gasteiger charge is -2.13. The van der Waals surface area contributed by atoms with Crippen LogP contribution in [0.1, 0.15) is 23.9 Å². The second-order valence-corrected chi connectivity index (χ2v) is 5.42. The van der Waals surface area contributed by atoms with Crippen molar-refractivity contribution in [2.45, 2.75) is 39.8 Å². The molecule has 1 unspecified atom stereocenters. The number of nitrogens with zero attached hydrogens (tertiary/aromatic N) is 3. The Bertz CT molecular complexity index is 697. The Labute approximate surface area is 134 Å². The summed E-state index contributed by atoms with van der Waals surface area (Å²) < 4.78 is 7.03. The molecule has 7 nitrogen and oxygen atoms in total. The van der Waals surface area contributed by atoms with Crippen molar-refractivity contribution >= 4 is 5.69 Å². The number of aliphatic hydroxyl groups is 1. The van der Waals surface area contributed by atoms with Crippen molar-refractivity contribution in [2.24, 2.45) is 0 Å². The predicted molar refractivity (Wildman–Crippen MR) is 85.7 cm³/mol. The summed E-state index contributed by atoms with van der Waals surface area (Å²) in [6.07, 6.45) is 0.104. The maximum absolute atomic E-state index is 11.0. The van der Waals surface area contributed by atoms with E-state index < -0.39 is 11.0 Å². The topological polar surface area (TPSA) is 90.4 Å². The highest BCUT2D eigenvalue weighted by Gasteiger charge is 2.22. The van der Waals surface area contributed by atoms with Gasteiger partial charge in [-0.2, -0.15) is 5.10 Å². The summed E-state index contributed by atoms with van der Waals surface area (Å²) in [7, 11) is 0. The molecular weight excluding hydrogens is 298 g/mol. The van der Waals surface area contributed by atoms with Crippen LogP contribution in [0.5, 0.6) is 5.75 Å². The first kappa shape index (κ1) is 17.0. The standard InChI is InChI=1S/C16H21N3O4/c1-4-13-6-5-7-15(8-13)23-10-14(20)9-18-12(3)16(19(21)22)11(2)17-18/h5-8,14,20H,4,9-10H2,1-3H3. The van der Waals surface area contributed by atoms with E-state index in [4.69, 9.17) is 4.74 Å². The summed E-state index contributed by atoms with van der Waals surface area (Å²) in [5.41, 5.74) is 1.93. The minimum atomic E-state index is -0.808. The van der Waals surface area contributed by atoms with E-state index in [1.807, 2.05) is 24.3 Å². The molecule has 0 saturated heterocycles. The van der Waals surface area contributed by atoms with Crippen molar-refractivity contribution in [3.8, 4) is 5.75 Å². The minimum absolute atomic E-state index is 0.00577. The number of hydrogen-bond acceptors (Lipinski definition) is 5. The quantitative estimate of drug-likeness (QED) is 0.625. The summed E-state index contributed by atoms with van der Waals surface area (Å²) in [4.78, 5) is 10.5. The molecule has 124 valence electrons. The van der Waals surface area contributed by atoms with Crippen LogP contribution in [0, 0.1) is 24.0 Å². The highest BCUT2D eigenvalue weighted by molar-refractivity contribution is 5.39. The molecule has 0 aliphatic carbocycles. The first-order chi connectivity index (χ1) is 10.9. The second-order valence-electron chi connectivity index (χ2n) is 5.42. The van der Waals surface area contributed by atoms with Gasteiger partial charge in [0.05, 0.1) is 11.5 Å². The van der Waals surface area contributed by atoms with Crippen molar-refractivity contribution in [1.29, 1.82) is 0 Å². The van der Waals surface area contributed by atoms with Crippen LogP contribution in [-0.2, 0) is 13.0 Å². The molecule has 2 rings (SSSR count). The molecule has 0 aliphatic heterocycles. The van der Waals surface area contributed by atoms with E-state index in [0.29, 0.717) is 17.1 Å². The van der Waals surface area contributed by atoms with Gasteiger partial charge in [-0.25, -0.2) is 0 Å². The molecule has 0 amide bonds. The van der Waals surface area contributed by atoms with Crippen molar-refractivity contribution < 1.29 is 14.8 Å². The van der Waals surface area contributed by atoms with E-state index >= 15 is 0 Å². The monoisotopic (exact) mass is 319 g/mol. The van der Waals surface area contributed by atoms with Crippen LogP contribution >= 0.6 is 0 Å². The van der Waals surface area contributed by atoms with Crippen LogP contribution in [0.25, 0.3) is 0 Å². The van der Waals surface area contributed by atoms with Gasteiger partial charge in [0.15, 0.2) is 0 Å². The Balaban J connectivity index is 1.98. The molecule has 1 heterocycles. The van der Waals surface area contributed by atoms with E-state index in [1.54, 1.807) is 13.8 Å². The van der Waals surface area contributed by atoms with Gasteiger partial charge < -0.3 is 9.84 Å². The minimum Gasteiger partial charge on any atom is -0.491 e. The molecule has 0 spiro atoms. The zero-order chi connectivity index (χ0) is 17.0. The van der Waals surface area contributed by atoms with E-state index in [0.717, 1.165) is 12.0 Å². The average molecular weight is 319 g/mol. The Hall–Kier alpha value is -2.41. The van der Waals surface area contributed by atoms with Gasteiger partial charge in [-0.15, -0.1) is 0 Å². The van der Waals surface area contributed by atoms with Gasteiger partial charge in [-0.05, 0) is 38.0 Å². The molecule has 1 atom stereocenters. The van der Waals surface area contributed by atoms with Crippen LogP contribution in [0.2, 0.25) is 0 Å². The highest BCUT2D eigenvalue weighted by atomic mass is 16.6. The molecular formula is C16H21N3O4. The number of rotatable bonds is 7. The van der Waals surface area contributed by atoms with E-state index in [9.17, 15) is 15.2 Å². The molecule has 0 fully saturated rings. The highest BCUT2D eigenvalue weighted by Crippen LogP contribution is 2.22. The summed E-state index contributed by atoms with van der Waals surface area (Å²) in [6.45, 7) is 5.51. The number of nitro groups is 1. The smallest absolute Gasteiger partial charge is 0.312 e. The molecule has 0 aliphatic rings. The Morgan fingerprint density at radius 2 is 2.17 bits per heavy atom. The van der Waals surface area contributed by atoms with Crippen LogP contribution in [0.3, 0.4) is 0 Å². The second kappa shape index (κ2) is 7.23. The average Bonchev–Trinajstić information content (AvgIpc) is 2.79. The normalized spacial score (nSPS) is 12.2. The number of aryl methyl sites for hydroxylation is 2. The zero-order valence-corrected chi connectivity index (χ0v) is 13.5. The third kappa shape index (κ3) is 4.07. The van der Waals surface area contributed by atoms with Gasteiger partial charge in [0.2, 0.25) is 0 Å². The van der Waals surface area contributed by atoms with E-state index in [2.05, 4.69) is 12.0 Å². The van der Waals surface area contributed by atoms with E-state index in [1.165, 1.54) is 4.68 Å². The molecule has 23 heavy (non-hydrogen) atoms. The lowest BCUT2D eigenvalue weighted by molar-refractivity contribution is -0.386. The first-order valence-electron chi connectivity index (χ1n) is 7.50. The van der Waals surface area contributed by atoms with Gasteiger partial charge in [-0.3, -0.25) is 14.8 Å². The third-order valence-electron chi connectivity index (χ3n) is 3.66. The maximum Gasteiger partial charge on any atom is 0.312 e. The van der Waals surface area contributed by atoms with Gasteiger partial charge >= 0.3 is 5.69 Å². The molecule has 0 saturated carbocycles.